The lowest BCUT2D eigenvalue weighted by molar-refractivity contribution is 0.0688. The molecule has 1 aromatic carbocycles. The molecule has 0 amide bonds. The molecular formula is C10H11FO3S. The van der Waals surface area contributed by atoms with Gasteiger partial charge < -0.3 is 9.84 Å². The number of thioether (sulfide) groups is 1. The molecule has 0 aliphatic rings. The number of aromatic carboxylic acids is 1. The molecule has 0 aliphatic heterocycles. The minimum absolute atomic E-state index is 0.265. The van der Waals surface area contributed by atoms with Crippen LogP contribution in [0.2, 0.25) is 0 Å². The summed E-state index contributed by atoms with van der Waals surface area (Å²) in [4.78, 5) is 11.2. The lowest BCUT2D eigenvalue weighted by atomic mass is 10.2. The maximum atomic E-state index is 13.2. The van der Waals surface area contributed by atoms with Crippen molar-refractivity contribution < 1.29 is 19.0 Å². The molecule has 0 bridgehead atoms. The van der Waals surface area contributed by atoms with E-state index in [0.717, 1.165) is 6.07 Å². The smallest absolute Gasteiger partial charge is 0.339 e. The Kier molecular flexibility index (Phi) is 4.58. The highest BCUT2D eigenvalue weighted by Gasteiger charge is 2.15. The van der Waals surface area contributed by atoms with Crippen molar-refractivity contribution in [3.8, 4) is 0 Å². The number of carboxylic acid groups (broad SMARTS) is 1. The maximum Gasteiger partial charge on any atom is 0.339 e. The number of benzene rings is 1. The van der Waals surface area contributed by atoms with Gasteiger partial charge >= 0.3 is 5.97 Å². The Balaban J connectivity index is 2.86. The molecule has 3 nitrogen and oxygen atoms in total. The van der Waals surface area contributed by atoms with Crippen LogP contribution in [0.1, 0.15) is 10.4 Å². The Morgan fingerprint density at radius 2 is 2.33 bits per heavy atom. The zero-order valence-corrected chi connectivity index (χ0v) is 9.01. The van der Waals surface area contributed by atoms with Crippen molar-refractivity contribution >= 4 is 17.7 Å². The first-order chi connectivity index (χ1) is 7.16. The number of carbonyl (C=O) groups is 1. The number of rotatable bonds is 5. The highest BCUT2D eigenvalue weighted by atomic mass is 32.2. The third-order valence-corrected chi connectivity index (χ3v) is 2.76. The van der Waals surface area contributed by atoms with E-state index in [2.05, 4.69) is 0 Å². The topological polar surface area (TPSA) is 46.5 Å². The molecule has 0 unspecified atom stereocenters. The SMILES string of the molecule is COCCSc1cccc(F)c1C(=O)O. The standard InChI is InChI=1S/C10H11FO3S/c1-14-5-6-15-8-4-2-3-7(11)9(8)10(12)13/h2-4H,5-6H2,1H3,(H,12,13). The van der Waals surface area contributed by atoms with Gasteiger partial charge in [0.25, 0.3) is 0 Å². The molecule has 0 saturated heterocycles. The van der Waals surface area contributed by atoms with Crippen LogP contribution in [-0.2, 0) is 4.74 Å². The number of halogens is 1. The maximum absolute atomic E-state index is 13.2. The molecule has 0 radical (unpaired) electrons. The predicted molar refractivity (Wildman–Crippen MR) is 56.0 cm³/mol. The average Bonchev–Trinajstić information content (AvgIpc) is 2.17. The van der Waals surface area contributed by atoms with Crippen LogP contribution in [0.5, 0.6) is 0 Å². The molecule has 0 atom stereocenters. The predicted octanol–water partition coefficient (Wildman–Crippen LogP) is 2.26. The lowest BCUT2D eigenvalue weighted by Gasteiger charge is -2.05. The van der Waals surface area contributed by atoms with E-state index in [1.54, 1.807) is 13.2 Å². The summed E-state index contributed by atoms with van der Waals surface area (Å²) < 4.78 is 18.0. The molecule has 0 saturated carbocycles. The molecular weight excluding hydrogens is 219 g/mol. The number of hydrogen-bond donors (Lipinski definition) is 1. The zero-order chi connectivity index (χ0) is 11.3. The van der Waals surface area contributed by atoms with E-state index in [0.29, 0.717) is 17.3 Å². The van der Waals surface area contributed by atoms with Crippen molar-refractivity contribution in [1.82, 2.24) is 0 Å². The summed E-state index contributed by atoms with van der Waals surface area (Å²) >= 11 is 1.27. The van der Waals surface area contributed by atoms with E-state index in [-0.39, 0.29) is 5.56 Å². The van der Waals surface area contributed by atoms with Gasteiger partial charge in [0.2, 0.25) is 0 Å². The average molecular weight is 230 g/mol. The van der Waals surface area contributed by atoms with Crippen molar-refractivity contribution in [1.29, 1.82) is 0 Å². The molecule has 1 N–H and O–H groups in total. The molecule has 0 aliphatic carbocycles. The van der Waals surface area contributed by atoms with Gasteiger partial charge in [-0.1, -0.05) is 6.07 Å². The highest BCUT2D eigenvalue weighted by Crippen LogP contribution is 2.24. The van der Waals surface area contributed by atoms with Crippen molar-refractivity contribution in [3.63, 3.8) is 0 Å². The summed E-state index contributed by atoms with van der Waals surface area (Å²) in [5, 5.41) is 8.82. The summed E-state index contributed by atoms with van der Waals surface area (Å²) in [6.07, 6.45) is 0. The summed E-state index contributed by atoms with van der Waals surface area (Å²) in [5.74, 6) is -1.35. The van der Waals surface area contributed by atoms with Gasteiger partial charge in [-0.05, 0) is 12.1 Å². The Labute approximate surface area is 91.2 Å². The molecule has 82 valence electrons. The third-order valence-electron chi connectivity index (χ3n) is 1.73. The van der Waals surface area contributed by atoms with E-state index in [1.165, 1.54) is 17.8 Å². The fourth-order valence-electron chi connectivity index (χ4n) is 1.07. The van der Waals surface area contributed by atoms with E-state index < -0.39 is 11.8 Å². The Bertz CT molecular complexity index is 355. The van der Waals surface area contributed by atoms with Crippen LogP contribution in [0.25, 0.3) is 0 Å². The summed E-state index contributed by atoms with van der Waals surface area (Å²) in [5.41, 5.74) is -0.265. The van der Waals surface area contributed by atoms with Crippen LogP contribution in [0.4, 0.5) is 4.39 Å². The lowest BCUT2D eigenvalue weighted by Crippen LogP contribution is -2.03. The highest BCUT2D eigenvalue weighted by molar-refractivity contribution is 7.99. The van der Waals surface area contributed by atoms with Gasteiger partial charge in [-0.3, -0.25) is 0 Å². The van der Waals surface area contributed by atoms with Crippen LogP contribution >= 0.6 is 11.8 Å². The second-order valence-corrected chi connectivity index (χ2v) is 3.90. The largest absolute Gasteiger partial charge is 0.478 e. The first-order valence-corrected chi connectivity index (χ1v) is 5.29. The van der Waals surface area contributed by atoms with Crippen LogP contribution in [0.3, 0.4) is 0 Å². The Morgan fingerprint density at radius 1 is 1.60 bits per heavy atom. The number of ether oxygens (including phenoxy) is 1. The molecule has 1 aromatic rings. The minimum Gasteiger partial charge on any atom is -0.478 e. The van der Waals surface area contributed by atoms with Gasteiger partial charge in [-0.15, -0.1) is 11.8 Å². The van der Waals surface area contributed by atoms with Crippen LogP contribution < -0.4 is 0 Å². The molecule has 0 aromatic heterocycles. The third kappa shape index (κ3) is 3.21. The minimum atomic E-state index is -1.24. The van der Waals surface area contributed by atoms with Crippen molar-refractivity contribution in [3.05, 3.63) is 29.6 Å². The second-order valence-electron chi connectivity index (χ2n) is 2.76. The quantitative estimate of drug-likeness (QED) is 0.622. The second kappa shape index (κ2) is 5.72. The summed E-state index contributed by atoms with van der Waals surface area (Å²) in [6, 6.07) is 4.23. The molecule has 0 heterocycles. The summed E-state index contributed by atoms with van der Waals surface area (Å²) in [6.45, 7) is 0.500. The van der Waals surface area contributed by atoms with Gasteiger partial charge in [0.1, 0.15) is 11.4 Å². The molecule has 0 fully saturated rings. The number of carboxylic acids is 1. The Hall–Kier alpha value is -1.07. The number of methoxy groups -OCH3 is 1. The van der Waals surface area contributed by atoms with Crippen LogP contribution in [-0.4, -0.2) is 30.5 Å². The van der Waals surface area contributed by atoms with E-state index >= 15 is 0 Å². The first-order valence-electron chi connectivity index (χ1n) is 4.30. The molecule has 0 spiro atoms. The van der Waals surface area contributed by atoms with Crippen LogP contribution in [0, 0.1) is 5.82 Å². The van der Waals surface area contributed by atoms with Crippen LogP contribution in [0.15, 0.2) is 23.1 Å². The normalized spacial score (nSPS) is 10.3. The van der Waals surface area contributed by atoms with Crippen molar-refractivity contribution in [2.45, 2.75) is 4.90 Å². The zero-order valence-electron chi connectivity index (χ0n) is 8.20. The number of hydrogen-bond acceptors (Lipinski definition) is 3. The van der Waals surface area contributed by atoms with E-state index in [4.69, 9.17) is 9.84 Å². The fourth-order valence-corrected chi connectivity index (χ4v) is 2.04. The van der Waals surface area contributed by atoms with Gasteiger partial charge in [0.05, 0.1) is 6.61 Å². The van der Waals surface area contributed by atoms with Gasteiger partial charge in [0, 0.05) is 17.8 Å². The Morgan fingerprint density at radius 3 is 2.93 bits per heavy atom. The van der Waals surface area contributed by atoms with Crippen molar-refractivity contribution in [2.24, 2.45) is 0 Å². The van der Waals surface area contributed by atoms with Gasteiger partial charge in [0.15, 0.2) is 0 Å². The molecule has 1 rings (SSSR count). The van der Waals surface area contributed by atoms with E-state index in [1.807, 2.05) is 0 Å². The summed E-state index contributed by atoms with van der Waals surface area (Å²) in [7, 11) is 1.56. The fraction of sp³-hybridized carbons (Fsp3) is 0.300. The van der Waals surface area contributed by atoms with E-state index in [9.17, 15) is 9.18 Å². The first kappa shape index (κ1) is 12.0. The molecule has 5 heteroatoms. The molecule has 15 heavy (non-hydrogen) atoms. The monoisotopic (exact) mass is 230 g/mol. The van der Waals surface area contributed by atoms with Crippen molar-refractivity contribution in [2.75, 3.05) is 19.5 Å². The van der Waals surface area contributed by atoms with Gasteiger partial charge in [-0.2, -0.15) is 0 Å². The van der Waals surface area contributed by atoms with Gasteiger partial charge in [-0.25, -0.2) is 9.18 Å².